The molecule has 98 valence electrons. The van der Waals surface area contributed by atoms with E-state index in [-0.39, 0.29) is 0 Å². The highest BCUT2D eigenvalue weighted by atomic mass is 35.5. The highest BCUT2D eigenvalue weighted by Gasteiger charge is 2.35. The molecule has 0 saturated carbocycles. The number of halogens is 1. The van der Waals surface area contributed by atoms with Crippen LogP contribution in [0.15, 0.2) is 5.38 Å². The van der Waals surface area contributed by atoms with Crippen LogP contribution in [0.25, 0.3) is 0 Å². The van der Waals surface area contributed by atoms with Gasteiger partial charge in [0.15, 0.2) is 0 Å². The molecule has 2 saturated heterocycles. The maximum Gasteiger partial charge on any atom is 0.222 e. The summed E-state index contributed by atoms with van der Waals surface area (Å²) in [5.41, 5.74) is 0.964. The Kier molecular flexibility index (Phi) is 3.54. The summed E-state index contributed by atoms with van der Waals surface area (Å²) in [6, 6.07) is 0.429. The number of carbonyl (C=O) groups is 1. The number of nitrogens with zero attached hydrogens (tertiary/aromatic N) is 3. The number of hydrogen-bond donors (Lipinski definition) is 0. The molecule has 6 heteroatoms. The van der Waals surface area contributed by atoms with Crippen LogP contribution in [0.5, 0.6) is 0 Å². The van der Waals surface area contributed by atoms with E-state index in [0.29, 0.717) is 17.8 Å². The quantitative estimate of drug-likeness (QED) is 0.793. The molecule has 0 aromatic carbocycles. The molecule has 1 unspecified atom stereocenters. The van der Waals surface area contributed by atoms with Gasteiger partial charge in [0.05, 0.1) is 18.1 Å². The van der Waals surface area contributed by atoms with Gasteiger partial charge in [-0.3, -0.25) is 9.69 Å². The molecule has 18 heavy (non-hydrogen) atoms. The second-order valence-electron chi connectivity index (χ2n) is 4.88. The maximum absolute atomic E-state index is 11.6. The zero-order valence-electron chi connectivity index (χ0n) is 10.1. The number of rotatable bonds is 3. The van der Waals surface area contributed by atoms with Crippen molar-refractivity contribution >= 4 is 28.8 Å². The van der Waals surface area contributed by atoms with E-state index < -0.39 is 0 Å². The van der Waals surface area contributed by atoms with Crippen molar-refractivity contribution < 1.29 is 4.79 Å². The predicted octanol–water partition coefficient (Wildman–Crippen LogP) is 1.69. The Balaban J connectivity index is 1.60. The Hall–Kier alpha value is -0.650. The number of hydrogen-bond acceptors (Lipinski definition) is 4. The first-order chi connectivity index (χ1) is 8.76. The van der Waals surface area contributed by atoms with Crippen molar-refractivity contribution in [1.82, 2.24) is 14.8 Å². The summed E-state index contributed by atoms with van der Waals surface area (Å²) >= 11 is 7.43. The molecule has 0 bridgehead atoms. The van der Waals surface area contributed by atoms with Gasteiger partial charge in [-0.05, 0) is 6.42 Å². The van der Waals surface area contributed by atoms with Crippen molar-refractivity contribution in [3.05, 3.63) is 16.1 Å². The fourth-order valence-electron chi connectivity index (χ4n) is 2.75. The second-order valence-corrected chi connectivity index (χ2v) is 6.09. The summed E-state index contributed by atoms with van der Waals surface area (Å²) in [7, 11) is 0. The number of piperazine rings is 1. The topological polar surface area (TPSA) is 36.4 Å². The number of carbonyl (C=O) groups excluding carboxylic acids is 1. The normalized spacial score (nSPS) is 24.6. The molecule has 3 heterocycles. The minimum atomic E-state index is 0.332. The Morgan fingerprint density at radius 1 is 1.50 bits per heavy atom. The molecule has 1 aromatic rings. The van der Waals surface area contributed by atoms with Gasteiger partial charge in [-0.25, -0.2) is 4.98 Å². The zero-order chi connectivity index (χ0) is 12.5. The first kappa shape index (κ1) is 12.4. The minimum Gasteiger partial charge on any atom is -0.337 e. The van der Waals surface area contributed by atoms with Crippen LogP contribution in [0.4, 0.5) is 0 Å². The summed E-state index contributed by atoms with van der Waals surface area (Å²) in [5, 5.41) is 3.15. The van der Waals surface area contributed by atoms with E-state index in [1.54, 1.807) is 11.3 Å². The second kappa shape index (κ2) is 5.15. The molecule has 0 N–H and O–H groups in total. The smallest absolute Gasteiger partial charge is 0.222 e. The fraction of sp³-hybridized carbons (Fsp3) is 0.667. The van der Waals surface area contributed by atoms with Gasteiger partial charge >= 0.3 is 0 Å². The van der Waals surface area contributed by atoms with Gasteiger partial charge in [-0.15, -0.1) is 22.9 Å². The fourth-order valence-corrected chi connectivity index (χ4v) is 3.81. The SMILES string of the molecule is O=C1CCC2CN(Cc3nc(CCl)cs3)CCN12. The van der Waals surface area contributed by atoms with Crippen LogP contribution in [-0.4, -0.2) is 46.4 Å². The lowest BCUT2D eigenvalue weighted by Crippen LogP contribution is -2.50. The monoisotopic (exact) mass is 285 g/mol. The van der Waals surface area contributed by atoms with Gasteiger partial charge < -0.3 is 4.90 Å². The van der Waals surface area contributed by atoms with Gasteiger partial charge in [0.1, 0.15) is 5.01 Å². The zero-order valence-corrected chi connectivity index (χ0v) is 11.7. The molecule has 0 aliphatic carbocycles. The lowest BCUT2D eigenvalue weighted by molar-refractivity contribution is -0.130. The maximum atomic E-state index is 11.6. The van der Waals surface area contributed by atoms with Gasteiger partial charge in [-0.2, -0.15) is 0 Å². The first-order valence-corrected chi connectivity index (χ1v) is 7.69. The minimum absolute atomic E-state index is 0.332. The van der Waals surface area contributed by atoms with Gasteiger partial charge in [0.2, 0.25) is 5.91 Å². The number of amides is 1. The number of thiazole rings is 1. The van der Waals surface area contributed by atoms with Crippen LogP contribution in [0.2, 0.25) is 0 Å². The standard InChI is InChI=1S/C12H16ClN3OS/c13-5-9-8-18-11(14-9)7-15-3-4-16-10(6-15)1-2-12(16)17/h8,10H,1-7H2. The Morgan fingerprint density at radius 3 is 3.17 bits per heavy atom. The van der Waals surface area contributed by atoms with E-state index in [1.165, 1.54) is 0 Å². The molecule has 2 aliphatic heterocycles. The predicted molar refractivity (Wildman–Crippen MR) is 71.7 cm³/mol. The largest absolute Gasteiger partial charge is 0.337 e. The summed E-state index contributed by atoms with van der Waals surface area (Å²) in [6.07, 6.45) is 1.74. The van der Waals surface area contributed by atoms with Crippen LogP contribution >= 0.6 is 22.9 Å². The Labute approximate surface area is 116 Å². The van der Waals surface area contributed by atoms with E-state index in [4.69, 9.17) is 11.6 Å². The molecule has 3 rings (SSSR count). The third-order valence-corrected chi connectivity index (χ3v) is 4.83. The van der Waals surface area contributed by atoms with Crippen molar-refractivity contribution in [2.24, 2.45) is 0 Å². The molecular weight excluding hydrogens is 270 g/mol. The van der Waals surface area contributed by atoms with E-state index in [0.717, 1.165) is 49.7 Å². The van der Waals surface area contributed by atoms with Gasteiger partial charge in [-0.1, -0.05) is 0 Å². The molecule has 2 fully saturated rings. The number of aromatic nitrogens is 1. The third-order valence-electron chi connectivity index (χ3n) is 3.67. The van der Waals surface area contributed by atoms with Crippen molar-refractivity contribution in [2.45, 2.75) is 31.3 Å². The Morgan fingerprint density at radius 2 is 2.39 bits per heavy atom. The highest BCUT2D eigenvalue weighted by Crippen LogP contribution is 2.24. The molecule has 4 nitrogen and oxygen atoms in total. The van der Waals surface area contributed by atoms with Crippen LogP contribution < -0.4 is 0 Å². The summed E-state index contributed by atoms with van der Waals surface area (Å²) in [6.45, 7) is 3.71. The van der Waals surface area contributed by atoms with E-state index in [2.05, 4.69) is 9.88 Å². The molecule has 1 atom stereocenters. The first-order valence-electron chi connectivity index (χ1n) is 6.27. The van der Waals surface area contributed by atoms with Gasteiger partial charge in [0.25, 0.3) is 0 Å². The van der Waals surface area contributed by atoms with Crippen LogP contribution in [0.3, 0.4) is 0 Å². The summed E-state index contributed by atoms with van der Waals surface area (Å²) in [5.74, 6) is 0.819. The average Bonchev–Trinajstić information content (AvgIpc) is 2.97. The summed E-state index contributed by atoms with van der Waals surface area (Å²) < 4.78 is 0. The molecule has 2 aliphatic rings. The van der Waals surface area contributed by atoms with Crippen molar-refractivity contribution in [2.75, 3.05) is 19.6 Å². The molecule has 1 amide bonds. The lowest BCUT2D eigenvalue weighted by atomic mass is 10.1. The number of fused-ring (bicyclic) bond motifs is 1. The van der Waals surface area contributed by atoms with E-state index in [9.17, 15) is 4.79 Å². The third kappa shape index (κ3) is 2.39. The molecule has 0 spiro atoms. The Bertz CT molecular complexity index is 450. The van der Waals surface area contributed by atoms with E-state index >= 15 is 0 Å². The molecule has 1 aromatic heterocycles. The molecule has 0 radical (unpaired) electrons. The van der Waals surface area contributed by atoms with Crippen molar-refractivity contribution in [3.8, 4) is 0 Å². The average molecular weight is 286 g/mol. The van der Waals surface area contributed by atoms with Gasteiger partial charge in [0, 0.05) is 37.5 Å². The van der Waals surface area contributed by atoms with E-state index in [1.807, 2.05) is 10.3 Å². The number of alkyl halides is 1. The van der Waals surface area contributed by atoms with Crippen molar-refractivity contribution in [3.63, 3.8) is 0 Å². The van der Waals surface area contributed by atoms with Crippen LogP contribution in [0.1, 0.15) is 23.5 Å². The van der Waals surface area contributed by atoms with Crippen LogP contribution in [0, 0.1) is 0 Å². The molecular formula is C12H16ClN3OS. The highest BCUT2D eigenvalue weighted by molar-refractivity contribution is 7.09. The van der Waals surface area contributed by atoms with Crippen molar-refractivity contribution in [1.29, 1.82) is 0 Å². The summed E-state index contributed by atoms with van der Waals surface area (Å²) in [4.78, 5) is 20.5. The lowest BCUT2D eigenvalue weighted by Gasteiger charge is -2.37. The van der Waals surface area contributed by atoms with Crippen LogP contribution in [-0.2, 0) is 17.2 Å².